The number of furan rings is 1. The SMILES string of the molecule is COC(=O)c1cc(Br)c(C)c2cc(C)oc12. The molecule has 0 fully saturated rings. The highest BCUT2D eigenvalue weighted by Gasteiger charge is 2.17. The van der Waals surface area contributed by atoms with E-state index in [0.29, 0.717) is 11.1 Å². The van der Waals surface area contributed by atoms with Crippen molar-refractivity contribution in [2.24, 2.45) is 0 Å². The first-order valence-electron chi connectivity index (χ1n) is 4.82. The summed E-state index contributed by atoms with van der Waals surface area (Å²) < 4.78 is 11.1. The zero-order valence-corrected chi connectivity index (χ0v) is 10.8. The summed E-state index contributed by atoms with van der Waals surface area (Å²) in [5.74, 6) is 0.390. The van der Waals surface area contributed by atoms with Crippen molar-refractivity contribution in [2.45, 2.75) is 13.8 Å². The van der Waals surface area contributed by atoms with E-state index in [1.54, 1.807) is 6.07 Å². The highest BCUT2D eigenvalue weighted by Crippen LogP contribution is 2.31. The molecule has 2 aromatic rings. The molecule has 0 aliphatic carbocycles. The van der Waals surface area contributed by atoms with Gasteiger partial charge in [-0.25, -0.2) is 4.79 Å². The number of aryl methyl sites for hydroxylation is 2. The van der Waals surface area contributed by atoms with Gasteiger partial charge in [0.1, 0.15) is 16.9 Å². The molecule has 2 rings (SSSR count). The molecular weight excluding hydrogens is 272 g/mol. The van der Waals surface area contributed by atoms with E-state index in [4.69, 9.17) is 9.15 Å². The molecule has 0 radical (unpaired) electrons. The van der Waals surface area contributed by atoms with Gasteiger partial charge < -0.3 is 9.15 Å². The molecule has 0 amide bonds. The van der Waals surface area contributed by atoms with Gasteiger partial charge in [0.15, 0.2) is 0 Å². The Labute approximate surface area is 102 Å². The molecule has 4 heteroatoms. The van der Waals surface area contributed by atoms with Gasteiger partial charge in [-0.3, -0.25) is 0 Å². The van der Waals surface area contributed by atoms with Crippen LogP contribution in [0.5, 0.6) is 0 Å². The number of hydrogen-bond acceptors (Lipinski definition) is 3. The van der Waals surface area contributed by atoms with Gasteiger partial charge in [-0.15, -0.1) is 0 Å². The lowest BCUT2D eigenvalue weighted by Crippen LogP contribution is -2.02. The first-order chi connectivity index (χ1) is 7.54. The van der Waals surface area contributed by atoms with Crippen LogP contribution in [0, 0.1) is 13.8 Å². The summed E-state index contributed by atoms with van der Waals surface area (Å²) in [6.45, 7) is 3.83. The molecule has 0 unspecified atom stereocenters. The maximum atomic E-state index is 11.6. The van der Waals surface area contributed by atoms with Crippen LogP contribution in [0.1, 0.15) is 21.7 Å². The first-order valence-corrected chi connectivity index (χ1v) is 5.61. The van der Waals surface area contributed by atoms with Gasteiger partial charge in [-0.2, -0.15) is 0 Å². The van der Waals surface area contributed by atoms with Crippen molar-refractivity contribution in [1.29, 1.82) is 0 Å². The van der Waals surface area contributed by atoms with Gasteiger partial charge in [0.25, 0.3) is 0 Å². The Morgan fingerprint density at radius 1 is 1.38 bits per heavy atom. The molecule has 1 aromatic carbocycles. The van der Waals surface area contributed by atoms with E-state index in [2.05, 4.69) is 15.9 Å². The number of rotatable bonds is 1. The molecule has 1 heterocycles. The van der Waals surface area contributed by atoms with Crippen molar-refractivity contribution in [3.8, 4) is 0 Å². The summed E-state index contributed by atoms with van der Waals surface area (Å²) in [6.07, 6.45) is 0. The normalized spacial score (nSPS) is 10.8. The second-order valence-electron chi connectivity index (χ2n) is 3.62. The largest absolute Gasteiger partial charge is 0.465 e. The number of esters is 1. The quantitative estimate of drug-likeness (QED) is 0.751. The molecule has 84 valence electrons. The van der Waals surface area contributed by atoms with Crippen LogP contribution in [0.2, 0.25) is 0 Å². The van der Waals surface area contributed by atoms with E-state index in [1.807, 2.05) is 19.9 Å². The summed E-state index contributed by atoms with van der Waals surface area (Å²) in [5.41, 5.74) is 2.09. The average Bonchev–Trinajstić information content (AvgIpc) is 2.64. The summed E-state index contributed by atoms with van der Waals surface area (Å²) in [6, 6.07) is 3.65. The van der Waals surface area contributed by atoms with E-state index in [9.17, 15) is 4.79 Å². The maximum absolute atomic E-state index is 11.6. The predicted molar refractivity (Wildman–Crippen MR) is 64.7 cm³/mol. The molecule has 0 atom stereocenters. The summed E-state index contributed by atoms with van der Waals surface area (Å²) in [5, 5.41) is 0.937. The van der Waals surface area contributed by atoms with Crippen LogP contribution < -0.4 is 0 Å². The van der Waals surface area contributed by atoms with Gasteiger partial charge in [0.2, 0.25) is 0 Å². The Balaban J connectivity index is 2.84. The van der Waals surface area contributed by atoms with Gasteiger partial charge in [-0.05, 0) is 31.5 Å². The monoisotopic (exact) mass is 282 g/mol. The average molecular weight is 283 g/mol. The Morgan fingerprint density at radius 2 is 2.06 bits per heavy atom. The Kier molecular flexibility index (Phi) is 2.76. The van der Waals surface area contributed by atoms with Gasteiger partial charge in [0, 0.05) is 9.86 Å². The van der Waals surface area contributed by atoms with Gasteiger partial charge in [-0.1, -0.05) is 15.9 Å². The summed E-state index contributed by atoms with van der Waals surface area (Å²) in [4.78, 5) is 11.6. The molecule has 0 spiro atoms. The van der Waals surface area contributed by atoms with Crippen molar-refractivity contribution >= 4 is 32.9 Å². The molecule has 0 aliphatic heterocycles. The Morgan fingerprint density at radius 3 is 2.69 bits per heavy atom. The van der Waals surface area contributed by atoms with E-state index in [1.165, 1.54) is 7.11 Å². The highest BCUT2D eigenvalue weighted by atomic mass is 79.9. The molecule has 0 aliphatic rings. The first kappa shape index (κ1) is 11.2. The fourth-order valence-electron chi connectivity index (χ4n) is 1.68. The van der Waals surface area contributed by atoms with Crippen molar-refractivity contribution < 1.29 is 13.9 Å². The van der Waals surface area contributed by atoms with E-state index < -0.39 is 0 Å². The topological polar surface area (TPSA) is 39.4 Å². The molecule has 0 bridgehead atoms. The Hall–Kier alpha value is -1.29. The van der Waals surface area contributed by atoms with Crippen molar-refractivity contribution in [2.75, 3.05) is 7.11 Å². The zero-order valence-electron chi connectivity index (χ0n) is 9.26. The smallest absolute Gasteiger partial charge is 0.341 e. The maximum Gasteiger partial charge on any atom is 0.341 e. The number of halogens is 1. The van der Waals surface area contributed by atoms with Crippen molar-refractivity contribution in [3.05, 3.63) is 33.5 Å². The minimum atomic E-state index is -0.389. The second kappa shape index (κ2) is 3.94. The van der Waals surface area contributed by atoms with Crippen LogP contribution in [0.15, 0.2) is 21.0 Å². The number of carbonyl (C=O) groups is 1. The third-order valence-electron chi connectivity index (χ3n) is 2.54. The van der Waals surface area contributed by atoms with Gasteiger partial charge >= 0.3 is 5.97 Å². The third kappa shape index (κ3) is 1.63. The summed E-state index contributed by atoms with van der Waals surface area (Å²) >= 11 is 3.42. The lowest BCUT2D eigenvalue weighted by atomic mass is 10.1. The van der Waals surface area contributed by atoms with Crippen molar-refractivity contribution in [1.82, 2.24) is 0 Å². The third-order valence-corrected chi connectivity index (χ3v) is 3.36. The summed E-state index contributed by atoms with van der Waals surface area (Å²) in [7, 11) is 1.36. The Bertz CT molecular complexity index is 569. The number of benzene rings is 1. The molecule has 3 nitrogen and oxygen atoms in total. The number of methoxy groups -OCH3 is 1. The zero-order chi connectivity index (χ0) is 11.9. The molecule has 0 saturated carbocycles. The van der Waals surface area contributed by atoms with E-state index >= 15 is 0 Å². The van der Waals surface area contributed by atoms with E-state index in [-0.39, 0.29) is 5.97 Å². The minimum absolute atomic E-state index is 0.389. The van der Waals surface area contributed by atoms with E-state index in [0.717, 1.165) is 21.2 Å². The van der Waals surface area contributed by atoms with Crippen molar-refractivity contribution in [3.63, 3.8) is 0 Å². The standard InChI is InChI=1S/C12H11BrO3/c1-6-4-8-7(2)10(13)5-9(11(8)16-6)12(14)15-3/h4-5H,1-3H3. The molecule has 16 heavy (non-hydrogen) atoms. The van der Waals surface area contributed by atoms with Crippen LogP contribution in [-0.2, 0) is 4.74 Å². The lowest BCUT2D eigenvalue weighted by Gasteiger charge is -2.04. The molecule has 0 N–H and O–H groups in total. The number of fused-ring (bicyclic) bond motifs is 1. The van der Waals surface area contributed by atoms with Crippen LogP contribution in [0.25, 0.3) is 11.0 Å². The fourth-order valence-corrected chi connectivity index (χ4v) is 2.13. The van der Waals surface area contributed by atoms with Crippen LogP contribution in [-0.4, -0.2) is 13.1 Å². The van der Waals surface area contributed by atoms with Gasteiger partial charge in [0.05, 0.1) is 7.11 Å². The van der Waals surface area contributed by atoms with Crippen LogP contribution in [0.3, 0.4) is 0 Å². The van der Waals surface area contributed by atoms with Crippen LogP contribution in [0.4, 0.5) is 0 Å². The number of hydrogen-bond donors (Lipinski definition) is 0. The lowest BCUT2D eigenvalue weighted by molar-refractivity contribution is 0.0601. The fraction of sp³-hybridized carbons (Fsp3) is 0.250. The molecule has 1 aromatic heterocycles. The second-order valence-corrected chi connectivity index (χ2v) is 4.48. The number of carbonyl (C=O) groups excluding carboxylic acids is 1. The molecule has 0 saturated heterocycles. The number of ether oxygens (including phenoxy) is 1. The van der Waals surface area contributed by atoms with Crippen LogP contribution >= 0.6 is 15.9 Å². The highest BCUT2D eigenvalue weighted by molar-refractivity contribution is 9.10. The minimum Gasteiger partial charge on any atom is -0.465 e. The predicted octanol–water partition coefficient (Wildman–Crippen LogP) is 3.60. The molecular formula is C12H11BrO3.